The molecule has 0 atom stereocenters. The van der Waals surface area contributed by atoms with Crippen molar-refractivity contribution in [1.29, 1.82) is 5.26 Å². The van der Waals surface area contributed by atoms with Crippen molar-refractivity contribution in [2.45, 2.75) is 50.9 Å². The molecule has 0 spiro atoms. The van der Waals surface area contributed by atoms with Gasteiger partial charge in [0.2, 0.25) is 0 Å². The fourth-order valence-electron chi connectivity index (χ4n) is 4.30. The summed E-state index contributed by atoms with van der Waals surface area (Å²) in [6, 6.07) is 6.72. The maximum atomic E-state index is 14.5. The van der Waals surface area contributed by atoms with Gasteiger partial charge in [0.15, 0.2) is 0 Å². The van der Waals surface area contributed by atoms with E-state index in [1.165, 1.54) is 30.3 Å². The van der Waals surface area contributed by atoms with Gasteiger partial charge in [-0.15, -0.1) is 6.58 Å². The summed E-state index contributed by atoms with van der Waals surface area (Å²) in [6.07, 6.45) is 6.32. The van der Waals surface area contributed by atoms with Crippen molar-refractivity contribution in [3.05, 3.63) is 82.4 Å². The first-order valence-corrected chi connectivity index (χ1v) is 9.89. The SMILES string of the molecule is C=CCc1cc(F)c(C2CCC(CCc3cc(F)c(C#N)c(F)c3)CC2)c(F)c1. The highest BCUT2D eigenvalue weighted by Crippen LogP contribution is 2.39. The van der Waals surface area contributed by atoms with Gasteiger partial charge in [-0.25, -0.2) is 17.6 Å². The second-order valence-corrected chi connectivity index (χ2v) is 7.77. The maximum Gasteiger partial charge on any atom is 0.144 e. The molecule has 0 saturated heterocycles. The molecule has 0 heterocycles. The van der Waals surface area contributed by atoms with E-state index in [1.54, 1.807) is 6.08 Å². The Balaban J connectivity index is 1.59. The molecule has 0 bridgehead atoms. The van der Waals surface area contributed by atoms with Crippen molar-refractivity contribution in [1.82, 2.24) is 0 Å². The summed E-state index contributed by atoms with van der Waals surface area (Å²) in [6.45, 7) is 3.59. The molecule has 0 N–H and O–H groups in total. The van der Waals surface area contributed by atoms with Gasteiger partial charge in [-0.05, 0) is 92.2 Å². The molecular weight excluding hydrogens is 378 g/mol. The summed E-state index contributed by atoms with van der Waals surface area (Å²) in [4.78, 5) is 0. The van der Waals surface area contributed by atoms with Crippen LogP contribution in [0.15, 0.2) is 36.9 Å². The highest BCUT2D eigenvalue weighted by molar-refractivity contribution is 5.35. The van der Waals surface area contributed by atoms with Crippen LogP contribution >= 0.6 is 0 Å². The Labute approximate surface area is 168 Å². The first kappa shape index (κ1) is 21.1. The molecule has 1 saturated carbocycles. The van der Waals surface area contributed by atoms with Crippen LogP contribution in [-0.4, -0.2) is 0 Å². The van der Waals surface area contributed by atoms with Crippen LogP contribution in [-0.2, 0) is 12.8 Å². The third-order valence-corrected chi connectivity index (χ3v) is 5.83. The fourth-order valence-corrected chi connectivity index (χ4v) is 4.30. The summed E-state index contributed by atoms with van der Waals surface area (Å²) in [5.41, 5.74) is 0.718. The van der Waals surface area contributed by atoms with Crippen molar-refractivity contribution < 1.29 is 17.6 Å². The van der Waals surface area contributed by atoms with E-state index in [2.05, 4.69) is 6.58 Å². The highest BCUT2D eigenvalue weighted by atomic mass is 19.1. The van der Waals surface area contributed by atoms with Crippen LogP contribution < -0.4 is 0 Å². The number of nitrogens with zero attached hydrogens (tertiary/aromatic N) is 1. The van der Waals surface area contributed by atoms with Crippen LogP contribution in [0.5, 0.6) is 0 Å². The van der Waals surface area contributed by atoms with Crippen LogP contribution in [0.25, 0.3) is 0 Å². The summed E-state index contributed by atoms with van der Waals surface area (Å²) in [5.74, 6) is -2.45. The third-order valence-electron chi connectivity index (χ3n) is 5.83. The van der Waals surface area contributed by atoms with Crippen molar-refractivity contribution in [2.24, 2.45) is 5.92 Å². The molecule has 0 aliphatic heterocycles. The lowest BCUT2D eigenvalue weighted by Gasteiger charge is -2.29. The number of halogens is 4. The van der Waals surface area contributed by atoms with Gasteiger partial charge in [-0.3, -0.25) is 0 Å². The van der Waals surface area contributed by atoms with Gasteiger partial charge in [0.1, 0.15) is 34.9 Å². The smallest absolute Gasteiger partial charge is 0.144 e. The Kier molecular flexibility index (Phi) is 6.74. The minimum absolute atomic E-state index is 0.145. The predicted molar refractivity (Wildman–Crippen MR) is 104 cm³/mol. The summed E-state index contributed by atoms with van der Waals surface area (Å²) in [7, 11) is 0. The van der Waals surface area contributed by atoms with Gasteiger partial charge in [0, 0.05) is 5.56 Å². The van der Waals surface area contributed by atoms with Crippen molar-refractivity contribution in [3.8, 4) is 6.07 Å². The zero-order valence-corrected chi connectivity index (χ0v) is 16.2. The maximum absolute atomic E-state index is 14.5. The molecule has 29 heavy (non-hydrogen) atoms. The van der Waals surface area contributed by atoms with E-state index in [9.17, 15) is 17.6 Å². The summed E-state index contributed by atoms with van der Waals surface area (Å²) in [5, 5.41) is 8.74. The third kappa shape index (κ3) is 4.87. The fraction of sp³-hybridized carbons (Fsp3) is 0.375. The van der Waals surface area contributed by atoms with Crippen LogP contribution in [0.2, 0.25) is 0 Å². The molecule has 5 heteroatoms. The molecule has 0 unspecified atom stereocenters. The van der Waals surface area contributed by atoms with Gasteiger partial charge in [0.05, 0.1) is 0 Å². The number of aryl methyl sites for hydroxylation is 1. The zero-order chi connectivity index (χ0) is 21.0. The van der Waals surface area contributed by atoms with Crippen molar-refractivity contribution >= 4 is 0 Å². The van der Waals surface area contributed by atoms with Gasteiger partial charge in [0.25, 0.3) is 0 Å². The monoisotopic (exact) mass is 401 g/mol. The number of allylic oxidation sites excluding steroid dienone is 1. The van der Waals surface area contributed by atoms with E-state index in [4.69, 9.17) is 5.26 Å². The van der Waals surface area contributed by atoms with Crippen molar-refractivity contribution in [2.75, 3.05) is 0 Å². The number of benzene rings is 2. The first-order valence-electron chi connectivity index (χ1n) is 9.89. The van der Waals surface area contributed by atoms with Gasteiger partial charge < -0.3 is 0 Å². The molecule has 1 aliphatic rings. The Morgan fingerprint density at radius 3 is 1.97 bits per heavy atom. The minimum atomic E-state index is -0.836. The van der Waals surface area contributed by atoms with Gasteiger partial charge >= 0.3 is 0 Å². The second-order valence-electron chi connectivity index (χ2n) is 7.77. The topological polar surface area (TPSA) is 23.8 Å². The lowest BCUT2D eigenvalue weighted by Crippen LogP contribution is -2.16. The molecule has 2 aromatic rings. The molecule has 1 fully saturated rings. The molecule has 1 aliphatic carbocycles. The number of hydrogen-bond donors (Lipinski definition) is 0. The van der Waals surface area contributed by atoms with E-state index >= 15 is 0 Å². The lowest BCUT2D eigenvalue weighted by molar-refractivity contribution is 0.301. The number of rotatable bonds is 6. The Bertz CT molecular complexity index is 890. The molecule has 0 radical (unpaired) electrons. The molecular formula is C24H23F4N. The van der Waals surface area contributed by atoms with Crippen LogP contribution in [0.3, 0.4) is 0 Å². The molecule has 1 nitrogen and oxygen atoms in total. The number of nitriles is 1. The normalized spacial score (nSPS) is 19.0. The standard InChI is InChI=1S/C24H23F4N/c1-2-3-16-12-22(27)24(23(28)13-16)18-8-6-15(7-9-18)4-5-17-10-20(25)19(14-29)21(26)11-17/h2,10-13,15,18H,1,3-9H2. The Hall–Kier alpha value is -2.61. The Morgan fingerprint density at radius 2 is 1.45 bits per heavy atom. The summed E-state index contributed by atoms with van der Waals surface area (Å²) < 4.78 is 56.4. The lowest BCUT2D eigenvalue weighted by atomic mass is 9.76. The van der Waals surface area contributed by atoms with Gasteiger partial charge in [-0.1, -0.05) is 6.08 Å². The molecule has 152 valence electrons. The molecule has 3 rings (SSSR count). The Morgan fingerprint density at radius 1 is 0.897 bits per heavy atom. The largest absolute Gasteiger partial charge is 0.207 e. The highest BCUT2D eigenvalue weighted by Gasteiger charge is 2.27. The average Bonchev–Trinajstić information content (AvgIpc) is 2.67. The number of hydrogen-bond acceptors (Lipinski definition) is 1. The molecule has 0 aromatic heterocycles. The van der Waals surface area contributed by atoms with Gasteiger partial charge in [-0.2, -0.15) is 5.26 Å². The first-order chi connectivity index (χ1) is 13.9. The summed E-state index contributed by atoms with van der Waals surface area (Å²) >= 11 is 0. The quantitative estimate of drug-likeness (QED) is 0.388. The second kappa shape index (κ2) is 9.26. The van der Waals surface area contributed by atoms with E-state index in [-0.39, 0.29) is 11.5 Å². The van der Waals surface area contributed by atoms with Crippen LogP contribution in [0.1, 0.15) is 60.3 Å². The van der Waals surface area contributed by atoms with Crippen LogP contribution in [0, 0.1) is 40.5 Å². The average molecular weight is 401 g/mol. The molecule has 0 amide bonds. The van der Waals surface area contributed by atoms with E-state index in [1.807, 2.05) is 0 Å². The predicted octanol–water partition coefficient (Wildman–Crippen LogP) is 6.75. The van der Waals surface area contributed by atoms with E-state index in [0.717, 1.165) is 19.3 Å². The van der Waals surface area contributed by atoms with Crippen LogP contribution in [0.4, 0.5) is 17.6 Å². The van der Waals surface area contributed by atoms with E-state index < -0.39 is 28.8 Å². The van der Waals surface area contributed by atoms with E-state index in [0.29, 0.717) is 42.7 Å². The van der Waals surface area contributed by atoms with Crippen molar-refractivity contribution in [3.63, 3.8) is 0 Å². The zero-order valence-electron chi connectivity index (χ0n) is 16.2. The molecule has 2 aromatic carbocycles. The minimum Gasteiger partial charge on any atom is -0.207 e.